The molecule has 0 unspecified atom stereocenters. The zero-order valence-electron chi connectivity index (χ0n) is 8.29. The van der Waals surface area contributed by atoms with Gasteiger partial charge in [0.2, 0.25) is 0 Å². The first-order chi connectivity index (χ1) is 6.66. The minimum Gasteiger partial charge on any atom is -0.504 e. The zero-order valence-corrected chi connectivity index (χ0v) is 11.3. The number of carboxylic acid groups (broad SMARTS) is 1. The molecule has 15 heavy (non-hydrogen) atoms. The Bertz CT molecular complexity index is 429. The van der Waals surface area contributed by atoms with Gasteiger partial charge in [0.15, 0.2) is 0 Å². The Morgan fingerprint density at radius 1 is 1.40 bits per heavy atom. The van der Waals surface area contributed by atoms with Gasteiger partial charge < -0.3 is 21.8 Å². The molecule has 0 atom stereocenters. The smallest absolute Gasteiger partial charge is 0.147 e. The molecule has 4 nitrogen and oxygen atoms in total. The predicted molar refractivity (Wildman–Crippen MR) is 52.8 cm³/mol. The minimum absolute atomic E-state index is 0. The van der Waals surface area contributed by atoms with Crippen molar-refractivity contribution in [3.63, 3.8) is 0 Å². The first-order valence-electron chi connectivity index (χ1n) is 4.17. The van der Waals surface area contributed by atoms with Gasteiger partial charge >= 0.3 is 0 Å². The number of nitrogens with one attached hydrogen (secondary N) is 2. The number of hydrogen-bond acceptors (Lipinski definition) is 3. The van der Waals surface area contributed by atoms with Crippen LogP contribution in [0.3, 0.4) is 0 Å². The van der Waals surface area contributed by atoms with Crippen molar-refractivity contribution in [3.8, 4) is 0 Å². The quantitative estimate of drug-likeness (QED) is 0.404. The van der Waals surface area contributed by atoms with Gasteiger partial charge in [-0.15, -0.1) is 0 Å². The third-order valence-electron chi connectivity index (χ3n) is 2.01. The van der Waals surface area contributed by atoms with Gasteiger partial charge in [-0.05, 0) is 18.6 Å². The standard InChI is InChI=1S/C10H9N2O2.Zn/c1-6-3-2-4-7-10(6)12-8(11-7)5-9(13)14;/h2-4,11-12H,1H3,(H,13,14);/q-1;. The SMILES string of the molecule is Cc1cccc2c1NC(=[C-]C(=O)O)N2.[Zn]. The molecule has 1 heterocycles. The molecule has 0 spiro atoms. The summed E-state index contributed by atoms with van der Waals surface area (Å²) in [6.07, 6.45) is 2.23. The fourth-order valence-electron chi connectivity index (χ4n) is 1.40. The molecular formula is C10H9N2O2Zn-. The minimum atomic E-state index is -1.09. The number of fused-ring (bicyclic) bond motifs is 1. The predicted octanol–water partition coefficient (Wildman–Crippen LogP) is 1.56. The number of carbonyl (C=O) groups is 1. The van der Waals surface area contributed by atoms with Crippen molar-refractivity contribution in [1.82, 2.24) is 0 Å². The second-order valence-corrected chi connectivity index (χ2v) is 3.05. The topological polar surface area (TPSA) is 61.4 Å². The second-order valence-electron chi connectivity index (χ2n) is 3.05. The summed E-state index contributed by atoms with van der Waals surface area (Å²) in [5, 5.41) is 14.4. The fraction of sp³-hybridized carbons (Fsp3) is 0.100. The Labute approximate surface area is 100 Å². The van der Waals surface area contributed by atoms with E-state index in [1.165, 1.54) is 0 Å². The summed E-state index contributed by atoms with van der Waals surface area (Å²) < 4.78 is 0. The van der Waals surface area contributed by atoms with Crippen LogP contribution in [0.2, 0.25) is 0 Å². The molecule has 0 aliphatic carbocycles. The van der Waals surface area contributed by atoms with Crippen molar-refractivity contribution < 1.29 is 29.4 Å². The number of hydrogen-bond donors (Lipinski definition) is 3. The molecule has 0 bridgehead atoms. The van der Waals surface area contributed by atoms with E-state index in [1.807, 2.05) is 25.1 Å². The van der Waals surface area contributed by atoms with Crippen molar-refractivity contribution >= 4 is 17.3 Å². The second kappa shape index (κ2) is 4.45. The normalized spacial score (nSPS) is 14.9. The fourth-order valence-corrected chi connectivity index (χ4v) is 1.40. The van der Waals surface area contributed by atoms with Crippen LogP contribution in [0.25, 0.3) is 0 Å². The van der Waals surface area contributed by atoms with Crippen LogP contribution >= 0.6 is 0 Å². The molecule has 0 radical (unpaired) electrons. The molecule has 1 aromatic rings. The van der Waals surface area contributed by atoms with Gasteiger partial charge in [-0.1, -0.05) is 18.0 Å². The Kier molecular flexibility index (Phi) is 3.48. The van der Waals surface area contributed by atoms with Gasteiger partial charge in [0.1, 0.15) is 5.97 Å². The van der Waals surface area contributed by atoms with Crippen LogP contribution in [0.15, 0.2) is 24.0 Å². The van der Waals surface area contributed by atoms with Crippen molar-refractivity contribution in [2.45, 2.75) is 6.92 Å². The maximum Gasteiger partial charge on any atom is 0.147 e. The maximum atomic E-state index is 10.4. The largest absolute Gasteiger partial charge is 0.504 e. The van der Waals surface area contributed by atoms with Gasteiger partial charge in [-0.2, -0.15) is 0 Å². The van der Waals surface area contributed by atoms with E-state index in [9.17, 15) is 4.79 Å². The van der Waals surface area contributed by atoms with Gasteiger partial charge in [0, 0.05) is 19.5 Å². The Morgan fingerprint density at radius 3 is 2.73 bits per heavy atom. The molecule has 5 heteroatoms. The number of aryl methyl sites for hydroxylation is 1. The Morgan fingerprint density at radius 2 is 2.13 bits per heavy atom. The summed E-state index contributed by atoms with van der Waals surface area (Å²) in [6.45, 7) is 1.96. The summed E-state index contributed by atoms with van der Waals surface area (Å²) in [6, 6.07) is 5.75. The van der Waals surface area contributed by atoms with Crippen LogP contribution in [0.1, 0.15) is 5.56 Å². The van der Waals surface area contributed by atoms with E-state index in [1.54, 1.807) is 0 Å². The molecule has 1 aromatic carbocycles. The zero-order chi connectivity index (χ0) is 10.1. The van der Waals surface area contributed by atoms with Gasteiger partial charge in [-0.3, -0.25) is 4.79 Å². The first kappa shape index (κ1) is 11.7. The average molecular weight is 255 g/mol. The van der Waals surface area contributed by atoms with Gasteiger partial charge in [-0.25, -0.2) is 0 Å². The van der Waals surface area contributed by atoms with E-state index >= 15 is 0 Å². The summed E-state index contributed by atoms with van der Waals surface area (Å²) in [7, 11) is 0. The Hall–Kier alpha value is -1.35. The molecule has 3 N–H and O–H groups in total. The summed E-state index contributed by atoms with van der Waals surface area (Å²) in [4.78, 5) is 10.4. The number of rotatable bonds is 1. The number of anilines is 2. The first-order valence-corrected chi connectivity index (χ1v) is 4.17. The van der Waals surface area contributed by atoms with Gasteiger partial charge in [0.25, 0.3) is 0 Å². The van der Waals surface area contributed by atoms with Gasteiger partial charge in [0.05, 0.1) is 11.4 Å². The van der Waals surface area contributed by atoms with Crippen LogP contribution in [-0.4, -0.2) is 11.1 Å². The van der Waals surface area contributed by atoms with Crippen molar-refractivity contribution in [2.75, 3.05) is 10.6 Å². The van der Waals surface area contributed by atoms with E-state index in [4.69, 9.17) is 5.11 Å². The number of para-hydroxylation sites is 1. The molecule has 0 fully saturated rings. The molecule has 2 rings (SSSR count). The van der Waals surface area contributed by atoms with Crippen LogP contribution in [-0.2, 0) is 24.3 Å². The van der Waals surface area contributed by atoms with Crippen LogP contribution in [0.4, 0.5) is 11.4 Å². The van der Waals surface area contributed by atoms with E-state index in [2.05, 4.69) is 16.7 Å². The van der Waals surface area contributed by atoms with E-state index in [0.717, 1.165) is 16.9 Å². The van der Waals surface area contributed by atoms with Crippen LogP contribution < -0.4 is 10.6 Å². The molecule has 1 aliphatic heterocycles. The summed E-state index contributed by atoms with van der Waals surface area (Å²) >= 11 is 0. The number of benzene rings is 1. The number of aliphatic carboxylic acids is 1. The molecule has 74 valence electrons. The molecule has 1 aliphatic rings. The van der Waals surface area contributed by atoms with E-state index in [0.29, 0.717) is 5.82 Å². The average Bonchev–Trinajstić information content (AvgIpc) is 2.47. The molecule has 0 aromatic heterocycles. The van der Waals surface area contributed by atoms with Crippen LogP contribution in [0.5, 0.6) is 0 Å². The van der Waals surface area contributed by atoms with Crippen molar-refractivity contribution in [3.05, 3.63) is 35.7 Å². The van der Waals surface area contributed by atoms with E-state index in [-0.39, 0.29) is 19.5 Å². The molecular weight excluding hydrogens is 246 g/mol. The molecule has 0 amide bonds. The monoisotopic (exact) mass is 253 g/mol. The van der Waals surface area contributed by atoms with Crippen molar-refractivity contribution in [2.24, 2.45) is 0 Å². The third-order valence-corrected chi connectivity index (χ3v) is 2.01. The summed E-state index contributed by atoms with van der Waals surface area (Å²) in [5.74, 6) is -0.716. The van der Waals surface area contributed by atoms with E-state index < -0.39 is 5.97 Å². The van der Waals surface area contributed by atoms with Crippen molar-refractivity contribution in [1.29, 1.82) is 0 Å². The maximum absolute atomic E-state index is 10.4. The Balaban J connectivity index is 0.00000112. The summed E-state index contributed by atoms with van der Waals surface area (Å²) in [5.41, 5.74) is 2.86. The molecule has 0 saturated heterocycles. The number of carboxylic acids is 1. The molecule has 0 saturated carbocycles. The van der Waals surface area contributed by atoms with Crippen LogP contribution in [0, 0.1) is 13.0 Å². The third kappa shape index (κ3) is 2.36.